The quantitative estimate of drug-likeness (QED) is 0.235. The molecular weight excluding hydrogens is 358 g/mol. The summed E-state index contributed by atoms with van der Waals surface area (Å²) in [5.74, 6) is 0.241. The van der Waals surface area contributed by atoms with Gasteiger partial charge < -0.3 is 15.5 Å². The molecular formula is C25H55N3O. The van der Waals surface area contributed by atoms with E-state index in [1.165, 1.54) is 64.2 Å². The lowest BCUT2D eigenvalue weighted by molar-refractivity contribution is -0.121. The van der Waals surface area contributed by atoms with Gasteiger partial charge in [-0.25, -0.2) is 0 Å². The van der Waals surface area contributed by atoms with Crippen molar-refractivity contribution in [2.75, 3.05) is 39.3 Å². The molecule has 0 aliphatic heterocycles. The Bertz CT molecular complexity index is 304. The molecule has 0 saturated heterocycles. The number of nitrogens with one attached hydrogen (secondary N) is 2. The third kappa shape index (κ3) is 27.4. The Morgan fingerprint density at radius 2 is 1.14 bits per heavy atom. The van der Waals surface area contributed by atoms with Gasteiger partial charge in [-0.1, -0.05) is 98.8 Å². The maximum Gasteiger partial charge on any atom is 0.219 e. The molecule has 1 amide bonds. The molecule has 0 aliphatic carbocycles. The predicted octanol–water partition coefficient (Wildman–Crippen LogP) is 6.15. The largest absolute Gasteiger partial charge is 0.356 e. The van der Waals surface area contributed by atoms with Crippen molar-refractivity contribution >= 4 is 5.91 Å². The van der Waals surface area contributed by atoms with Crippen LogP contribution in [0.3, 0.4) is 0 Å². The van der Waals surface area contributed by atoms with Crippen molar-refractivity contribution in [1.82, 2.24) is 15.5 Å². The zero-order valence-corrected chi connectivity index (χ0v) is 20.8. The minimum Gasteiger partial charge on any atom is -0.356 e. The highest BCUT2D eigenvalue weighted by Gasteiger charge is 2.02. The van der Waals surface area contributed by atoms with Crippen molar-refractivity contribution in [1.29, 1.82) is 0 Å². The molecule has 4 nitrogen and oxygen atoms in total. The first kappa shape index (κ1) is 30.6. The summed E-state index contributed by atoms with van der Waals surface area (Å²) in [6.45, 7) is 17.2. The van der Waals surface area contributed by atoms with Crippen molar-refractivity contribution in [3.05, 3.63) is 0 Å². The molecule has 176 valence electrons. The molecule has 0 saturated carbocycles. The zero-order valence-electron chi connectivity index (χ0n) is 20.8. The van der Waals surface area contributed by atoms with Crippen molar-refractivity contribution in [2.45, 2.75) is 118 Å². The van der Waals surface area contributed by atoms with Crippen LogP contribution >= 0.6 is 0 Å². The van der Waals surface area contributed by atoms with Crippen LogP contribution in [0.25, 0.3) is 0 Å². The zero-order chi connectivity index (χ0) is 22.0. The molecule has 0 atom stereocenters. The van der Waals surface area contributed by atoms with Gasteiger partial charge in [-0.05, 0) is 45.6 Å². The van der Waals surface area contributed by atoms with Crippen LogP contribution in [0.1, 0.15) is 118 Å². The van der Waals surface area contributed by atoms with Gasteiger partial charge in [-0.3, -0.25) is 4.79 Å². The first-order valence-electron chi connectivity index (χ1n) is 12.9. The number of rotatable bonds is 20. The van der Waals surface area contributed by atoms with E-state index in [2.05, 4.69) is 50.2 Å². The monoisotopic (exact) mass is 413 g/mol. The van der Waals surface area contributed by atoms with Crippen LogP contribution in [-0.2, 0) is 4.79 Å². The summed E-state index contributed by atoms with van der Waals surface area (Å²) in [6.07, 6.45) is 16.4. The summed E-state index contributed by atoms with van der Waals surface area (Å²) in [5.41, 5.74) is 0. The van der Waals surface area contributed by atoms with Crippen molar-refractivity contribution in [3.63, 3.8) is 0 Å². The van der Waals surface area contributed by atoms with Gasteiger partial charge in [-0.2, -0.15) is 0 Å². The molecule has 4 heteroatoms. The summed E-state index contributed by atoms with van der Waals surface area (Å²) in [6, 6.07) is 0. The van der Waals surface area contributed by atoms with E-state index >= 15 is 0 Å². The lowest BCUT2D eigenvalue weighted by atomic mass is 10.1. The molecule has 0 unspecified atom stereocenters. The van der Waals surface area contributed by atoms with E-state index in [9.17, 15) is 4.79 Å². The molecule has 0 bridgehead atoms. The molecule has 0 radical (unpaired) electrons. The molecule has 0 aromatic carbocycles. The molecule has 0 aliphatic rings. The topological polar surface area (TPSA) is 44.4 Å². The van der Waals surface area contributed by atoms with Crippen LogP contribution in [0.2, 0.25) is 0 Å². The second kappa shape index (κ2) is 27.4. The highest BCUT2D eigenvalue weighted by atomic mass is 16.1. The van der Waals surface area contributed by atoms with Gasteiger partial charge >= 0.3 is 0 Å². The summed E-state index contributed by atoms with van der Waals surface area (Å²) in [7, 11) is 0. The van der Waals surface area contributed by atoms with Crippen LogP contribution in [-0.4, -0.2) is 50.1 Å². The highest BCUT2D eigenvalue weighted by Crippen LogP contribution is 2.11. The molecule has 0 fully saturated rings. The van der Waals surface area contributed by atoms with Gasteiger partial charge in [0.15, 0.2) is 0 Å². The Morgan fingerprint density at radius 3 is 1.55 bits per heavy atom. The van der Waals surface area contributed by atoms with Crippen LogP contribution in [0.15, 0.2) is 0 Å². The Labute approximate surface area is 184 Å². The third-order valence-corrected chi connectivity index (χ3v) is 5.38. The van der Waals surface area contributed by atoms with E-state index in [1.807, 2.05) is 0 Å². The molecule has 29 heavy (non-hydrogen) atoms. The van der Waals surface area contributed by atoms with Crippen LogP contribution in [0.5, 0.6) is 0 Å². The number of hydrogen-bond donors (Lipinski definition) is 2. The SMILES string of the molecule is CCCCCCCCCCCCCC(=O)NCCCN(CC)CC.CCNCC. The van der Waals surface area contributed by atoms with Gasteiger partial charge in [0.1, 0.15) is 0 Å². The summed E-state index contributed by atoms with van der Waals surface area (Å²) < 4.78 is 0. The molecule has 2 N–H and O–H groups in total. The Hall–Kier alpha value is -0.610. The second-order valence-corrected chi connectivity index (χ2v) is 7.97. The lowest BCUT2D eigenvalue weighted by Crippen LogP contribution is -2.29. The normalized spacial score (nSPS) is 10.7. The first-order valence-corrected chi connectivity index (χ1v) is 12.9. The number of hydrogen-bond acceptors (Lipinski definition) is 3. The van der Waals surface area contributed by atoms with Crippen LogP contribution in [0, 0.1) is 0 Å². The highest BCUT2D eigenvalue weighted by molar-refractivity contribution is 5.75. The van der Waals surface area contributed by atoms with Crippen LogP contribution < -0.4 is 10.6 Å². The number of unbranched alkanes of at least 4 members (excludes halogenated alkanes) is 10. The standard InChI is InChI=1S/C21H44N2O.C4H11N/c1-4-7-8-9-10-11-12-13-14-15-16-18-21(24)22-19-17-20-23(5-2)6-3;1-3-5-4-2/h4-20H2,1-3H3,(H,22,24);5H,3-4H2,1-2H3. The first-order chi connectivity index (χ1) is 14.2. The maximum absolute atomic E-state index is 11.8. The van der Waals surface area contributed by atoms with Crippen LogP contribution in [0.4, 0.5) is 0 Å². The van der Waals surface area contributed by atoms with Crippen molar-refractivity contribution in [3.8, 4) is 0 Å². The van der Waals surface area contributed by atoms with Gasteiger partial charge in [0.25, 0.3) is 0 Å². The number of nitrogens with zero attached hydrogens (tertiary/aromatic N) is 1. The van der Waals surface area contributed by atoms with E-state index in [-0.39, 0.29) is 5.91 Å². The minimum atomic E-state index is 0.241. The number of carbonyl (C=O) groups is 1. The number of carbonyl (C=O) groups excluding carboxylic acids is 1. The fourth-order valence-electron chi connectivity index (χ4n) is 3.36. The minimum absolute atomic E-state index is 0.241. The lowest BCUT2D eigenvalue weighted by Gasteiger charge is -2.17. The molecule has 0 spiro atoms. The third-order valence-electron chi connectivity index (χ3n) is 5.38. The summed E-state index contributed by atoms with van der Waals surface area (Å²) in [4.78, 5) is 14.2. The Balaban J connectivity index is 0. The fraction of sp³-hybridized carbons (Fsp3) is 0.960. The molecule has 0 heterocycles. The Morgan fingerprint density at radius 1 is 0.655 bits per heavy atom. The molecule has 0 rings (SSSR count). The van der Waals surface area contributed by atoms with Gasteiger partial charge in [0, 0.05) is 13.0 Å². The maximum atomic E-state index is 11.8. The number of amides is 1. The van der Waals surface area contributed by atoms with Gasteiger partial charge in [0.05, 0.1) is 0 Å². The average molecular weight is 414 g/mol. The predicted molar refractivity (Wildman–Crippen MR) is 131 cm³/mol. The van der Waals surface area contributed by atoms with E-state index in [0.717, 1.165) is 52.1 Å². The molecule has 0 aromatic rings. The average Bonchev–Trinajstić information content (AvgIpc) is 2.73. The van der Waals surface area contributed by atoms with Crippen molar-refractivity contribution < 1.29 is 4.79 Å². The second-order valence-electron chi connectivity index (χ2n) is 7.97. The van der Waals surface area contributed by atoms with Crippen molar-refractivity contribution in [2.24, 2.45) is 0 Å². The van der Waals surface area contributed by atoms with Gasteiger partial charge in [-0.15, -0.1) is 0 Å². The van der Waals surface area contributed by atoms with Gasteiger partial charge in [0.2, 0.25) is 5.91 Å². The Kier molecular flexibility index (Phi) is 28.9. The smallest absolute Gasteiger partial charge is 0.219 e. The van der Waals surface area contributed by atoms with E-state index in [0.29, 0.717) is 6.42 Å². The van der Waals surface area contributed by atoms with E-state index in [1.54, 1.807) is 0 Å². The van der Waals surface area contributed by atoms with E-state index < -0.39 is 0 Å². The molecule has 0 aromatic heterocycles. The van der Waals surface area contributed by atoms with E-state index in [4.69, 9.17) is 0 Å². The fourth-order valence-corrected chi connectivity index (χ4v) is 3.36. The summed E-state index contributed by atoms with van der Waals surface area (Å²) >= 11 is 0. The summed E-state index contributed by atoms with van der Waals surface area (Å²) in [5, 5.41) is 6.17.